The summed E-state index contributed by atoms with van der Waals surface area (Å²) in [6, 6.07) is 7.29. The molecule has 0 saturated carbocycles. The maximum Gasteiger partial charge on any atom is 0.195 e. The van der Waals surface area contributed by atoms with Crippen LogP contribution >= 0.6 is 0 Å². The number of sulfone groups is 1. The van der Waals surface area contributed by atoms with Gasteiger partial charge in [0.15, 0.2) is 14.9 Å². The average molecular weight is 238 g/mol. The second-order valence-electron chi connectivity index (χ2n) is 3.82. The van der Waals surface area contributed by atoms with Crippen molar-refractivity contribution in [3.63, 3.8) is 0 Å². The summed E-state index contributed by atoms with van der Waals surface area (Å²) in [6.07, 6.45) is 0. The number of fused-ring (bicyclic) bond motifs is 1. The van der Waals surface area contributed by atoms with Crippen LogP contribution in [0.2, 0.25) is 0 Å². The topological polar surface area (TPSA) is 65.1 Å². The molecule has 0 bridgehead atoms. The van der Waals surface area contributed by atoms with Crippen molar-refractivity contribution in [3.05, 3.63) is 29.8 Å². The fraction of sp³-hybridized carbons (Fsp3) is 0.273. The fourth-order valence-electron chi connectivity index (χ4n) is 1.72. The third kappa shape index (κ3) is 1.57. The summed E-state index contributed by atoms with van der Waals surface area (Å²) in [7, 11) is -3.27. The molecule has 2 rings (SSSR count). The molecule has 0 saturated heterocycles. The van der Waals surface area contributed by atoms with Crippen LogP contribution in [-0.2, 0) is 9.84 Å². The van der Waals surface area contributed by atoms with Crippen LogP contribution in [0, 0.1) is 6.92 Å². The number of aromatic nitrogens is 1. The van der Waals surface area contributed by atoms with Crippen molar-refractivity contribution < 1.29 is 8.42 Å². The van der Waals surface area contributed by atoms with Crippen molar-refractivity contribution in [3.8, 4) is 0 Å². The second kappa shape index (κ2) is 3.52. The van der Waals surface area contributed by atoms with Gasteiger partial charge in [-0.05, 0) is 25.1 Å². The van der Waals surface area contributed by atoms with Crippen molar-refractivity contribution in [2.45, 2.75) is 18.9 Å². The lowest BCUT2D eigenvalue weighted by molar-refractivity contribution is 0.590. The second-order valence-corrected chi connectivity index (χ2v) is 6.04. The van der Waals surface area contributed by atoms with Crippen LogP contribution in [0.15, 0.2) is 29.3 Å². The van der Waals surface area contributed by atoms with E-state index in [0.29, 0.717) is 0 Å². The first-order chi connectivity index (χ1) is 7.45. The third-order valence-electron chi connectivity index (χ3n) is 2.66. The molecular weight excluding hydrogens is 224 g/mol. The van der Waals surface area contributed by atoms with Gasteiger partial charge in [-0.25, -0.2) is 8.42 Å². The Kier molecular flexibility index (Phi) is 2.42. The highest BCUT2D eigenvalue weighted by molar-refractivity contribution is 7.91. The third-order valence-corrected chi connectivity index (χ3v) is 4.37. The Labute approximate surface area is 94.6 Å². The van der Waals surface area contributed by atoms with E-state index in [0.717, 1.165) is 16.5 Å². The van der Waals surface area contributed by atoms with Gasteiger partial charge in [-0.2, -0.15) is 0 Å². The number of nitrogens with two attached hydrogens (primary N) is 1. The van der Waals surface area contributed by atoms with Crippen molar-refractivity contribution in [2.75, 3.05) is 11.6 Å². The van der Waals surface area contributed by atoms with Gasteiger partial charge < -0.3 is 5.84 Å². The lowest BCUT2D eigenvalue weighted by Gasteiger charge is -2.03. The zero-order valence-electron chi connectivity index (χ0n) is 9.27. The molecule has 0 fully saturated rings. The summed E-state index contributed by atoms with van der Waals surface area (Å²) < 4.78 is 24.8. The molecule has 5 heteroatoms. The number of nitrogen functional groups attached to an aromatic ring is 1. The highest BCUT2D eigenvalue weighted by atomic mass is 32.2. The smallest absolute Gasteiger partial charge is 0.195 e. The van der Waals surface area contributed by atoms with Gasteiger partial charge in [-0.1, -0.05) is 18.6 Å². The van der Waals surface area contributed by atoms with E-state index < -0.39 is 9.84 Å². The number of hydrogen-bond acceptors (Lipinski definition) is 3. The van der Waals surface area contributed by atoms with E-state index in [1.165, 1.54) is 4.68 Å². The van der Waals surface area contributed by atoms with Gasteiger partial charge in [-0.15, -0.1) is 0 Å². The van der Waals surface area contributed by atoms with Gasteiger partial charge in [0.05, 0.1) is 11.3 Å². The maximum absolute atomic E-state index is 11.8. The number of hydrogen-bond donors (Lipinski definition) is 1. The molecule has 1 aromatic carbocycles. The molecule has 0 amide bonds. The molecule has 0 atom stereocenters. The van der Waals surface area contributed by atoms with Crippen LogP contribution in [0.25, 0.3) is 10.9 Å². The molecule has 86 valence electrons. The molecule has 2 N–H and O–H groups in total. The van der Waals surface area contributed by atoms with Crippen LogP contribution in [0.1, 0.15) is 12.5 Å². The van der Waals surface area contributed by atoms with Gasteiger partial charge in [0.25, 0.3) is 0 Å². The van der Waals surface area contributed by atoms with Crippen LogP contribution in [0.4, 0.5) is 0 Å². The molecule has 1 aromatic heterocycles. The quantitative estimate of drug-likeness (QED) is 0.805. The minimum absolute atomic E-state index is 0.0551. The highest BCUT2D eigenvalue weighted by Gasteiger charge is 2.18. The van der Waals surface area contributed by atoms with E-state index in [1.807, 2.05) is 25.1 Å². The molecule has 0 unspecified atom stereocenters. The fourth-order valence-corrected chi connectivity index (χ4v) is 2.72. The van der Waals surface area contributed by atoms with E-state index >= 15 is 0 Å². The molecule has 0 radical (unpaired) electrons. The molecular formula is C11H14N2O2S. The Morgan fingerprint density at radius 3 is 2.62 bits per heavy atom. The molecule has 0 spiro atoms. The van der Waals surface area contributed by atoms with Crippen molar-refractivity contribution >= 4 is 20.7 Å². The van der Waals surface area contributed by atoms with E-state index in [1.54, 1.807) is 13.0 Å². The predicted molar refractivity (Wildman–Crippen MR) is 64.6 cm³/mol. The molecule has 0 aliphatic carbocycles. The Bertz CT molecular complexity index is 641. The maximum atomic E-state index is 11.8. The number of aryl methyl sites for hydroxylation is 1. The first-order valence-electron chi connectivity index (χ1n) is 5.05. The van der Waals surface area contributed by atoms with Gasteiger partial charge >= 0.3 is 0 Å². The average Bonchev–Trinajstić information content (AvgIpc) is 2.56. The van der Waals surface area contributed by atoms with E-state index in [2.05, 4.69) is 0 Å². The van der Waals surface area contributed by atoms with Gasteiger partial charge in [0, 0.05) is 5.39 Å². The van der Waals surface area contributed by atoms with Crippen molar-refractivity contribution in [2.24, 2.45) is 0 Å². The lowest BCUT2D eigenvalue weighted by atomic mass is 10.2. The zero-order valence-corrected chi connectivity index (χ0v) is 10.1. The molecule has 4 nitrogen and oxygen atoms in total. The van der Waals surface area contributed by atoms with Crippen LogP contribution in [-0.4, -0.2) is 18.8 Å². The van der Waals surface area contributed by atoms with Crippen LogP contribution in [0.3, 0.4) is 0 Å². The van der Waals surface area contributed by atoms with Gasteiger partial charge in [0.2, 0.25) is 0 Å². The Morgan fingerprint density at radius 1 is 1.31 bits per heavy atom. The number of rotatable bonds is 2. The summed E-state index contributed by atoms with van der Waals surface area (Å²) in [4.78, 5) is 0. The SMILES string of the molecule is CCS(=O)(=O)c1cc2cc(C)ccc2n1N. The highest BCUT2D eigenvalue weighted by Crippen LogP contribution is 2.22. The predicted octanol–water partition coefficient (Wildman–Crippen LogP) is 1.46. The van der Waals surface area contributed by atoms with E-state index in [9.17, 15) is 8.42 Å². The molecule has 1 heterocycles. The number of nitrogens with zero attached hydrogens (tertiary/aromatic N) is 1. The van der Waals surface area contributed by atoms with Gasteiger partial charge in [-0.3, -0.25) is 4.68 Å². The monoisotopic (exact) mass is 238 g/mol. The normalized spacial score (nSPS) is 12.1. The molecule has 0 aliphatic heterocycles. The van der Waals surface area contributed by atoms with Crippen LogP contribution < -0.4 is 5.84 Å². The summed E-state index contributed by atoms with van der Waals surface area (Å²) in [6.45, 7) is 3.57. The summed E-state index contributed by atoms with van der Waals surface area (Å²) in [5.41, 5.74) is 1.82. The molecule has 0 aliphatic rings. The largest absolute Gasteiger partial charge is 0.338 e. The summed E-state index contributed by atoms with van der Waals surface area (Å²) >= 11 is 0. The van der Waals surface area contributed by atoms with E-state index in [4.69, 9.17) is 5.84 Å². The molecule has 16 heavy (non-hydrogen) atoms. The standard InChI is InChI=1S/C11H14N2O2S/c1-3-16(14,15)11-7-9-6-8(2)4-5-10(9)13(11)12/h4-7H,3,12H2,1-2H3. The lowest BCUT2D eigenvalue weighted by Crippen LogP contribution is -2.17. The Hall–Kier alpha value is -1.49. The van der Waals surface area contributed by atoms with Crippen molar-refractivity contribution in [1.29, 1.82) is 0 Å². The van der Waals surface area contributed by atoms with Crippen molar-refractivity contribution in [1.82, 2.24) is 4.68 Å². The Morgan fingerprint density at radius 2 is 2.00 bits per heavy atom. The first-order valence-corrected chi connectivity index (χ1v) is 6.71. The summed E-state index contributed by atoms with van der Waals surface area (Å²) in [5, 5.41) is 1.03. The number of benzene rings is 1. The van der Waals surface area contributed by atoms with Crippen LogP contribution in [0.5, 0.6) is 0 Å². The first kappa shape index (κ1) is 11.0. The van der Waals surface area contributed by atoms with Gasteiger partial charge in [0.1, 0.15) is 0 Å². The Balaban J connectivity index is 2.79. The minimum atomic E-state index is -3.27. The minimum Gasteiger partial charge on any atom is -0.338 e. The zero-order chi connectivity index (χ0) is 11.9. The summed E-state index contributed by atoms with van der Waals surface area (Å²) in [5.74, 6) is 5.84. The van der Waals surface area contributed by atoms with E-state index in [-0.39, 0.29) is 10.8 Å². The molecule has 2 aromatic rings.